The van der Waals surface area contributed by atoms with Crippen molar-refractivity contribution < 1.29 is 0 Å². The molecule has 0 spiro atoms. The van der Waals surface area contributed by atoms with Crippen LogP contribution in [-0.2, 0) is 6.54 Å². The molecule has 0 aliphatic carbocycles. The third kappa shape index (κ3) is 3.83. The van der Waals surface area contributed by atoms with Crippen LogP contribution >= 0.6 is 11.6 Å². The van der Waals surface area contributed by atoms with Gasteiger partial charge in [-0.05, 0) is 23.3 Å². The summed E-state index contributed by atoms with van der Waals surface area (Å²) in [5.74, 6) is 1.08. The second-order valence-electron chi connectivity index (χ2n) is 6.64. The number of imidazole rings is 1. The number of aromatic nitrogens is 2. The lowest BCUT2D eigenvalue weighted by Crippen LogP contribution is -2.46. The minimum absolute atomic E-state index is 0.132. The largest absolute Gasteiger partial charge is 0.329 e. The van der Waals surface area contributed by atoms with E-state index in [9.17, 15) is 0 Å². The zero-order valence-electron chi connectivity index (χ0n) is 14.7. The van der Waals surface area contributed by atoms with Gasteiger partial charge in [-0.25, -0.2) is 4.98 Å². The summed E-state index contributed by atoms with van der Waals surface area (Å²) in [6, 6.07) is 18.8. The maximum Gasteiger partial charge on any atom is 0.130 e. The lowest BCUT2D eigenvalue weighted by Gasteiger charge is -2.35. The number of hydrogen-bond acceptors (Lipinski definition) is 3. The highest BCUT2D eigenvalue weighted by molar-refractivity contribution is 6.30. The fourth-order valence-electron chi connectivity index (χ4n) is 3.59. The Morgan fingerprint density at radius 3 is 2.46 bits per heavy atom. The van der Waals surface area contributed by atoms with Gasteiger partial charge in [0.25, 0.3) is 0 Å². The van der Waals surface area contributed by atoms with Crippen LogP contribution in [0.3, 0.4) is 0 Å². The van der Waals surface area contributed by atoms with Gasteiger partial charge >= 0.3 is 0 Å². The van der Waals surface area contributed by atoms with Crippen LogP contribution in [0.5, 0.6) is 0 Å². The number of nitrogens with one attached hydrogen (secondary N) is 1. The summed E-state index contributed by atoms with van der Waals surface area (Å²) in [7, 11) is 0. The van der Waals surface area contributed by atoms with E-state index in [0.29, 0.717) is 0 Å². The number of piperazine rings is 1. The van der Waals surface area contributed by atoms with Gasteiger partial charge in [0.2, 0.25) is 0 Å². The summed E-state index contributed by atoms with van der Waals surface area (Å²) >= 11 is 6.12. The van der Waals surface area contributed by atoms with Crippen LogP contribution in [0, 0.1) is 0 Å². The molecule has 1 N–H and O–H groups in total. The Labute approximate surface area is 159 Å². The van der Waals surface area contributed by atoms with Crippen molar-refractivity contribution in [1.29, 1.82) is 0 Å². The molecule has 2 heterocycles. The number of rotatable bonds is 5. The van der Waals surface area contributed by atoms with E-state index < -0.39 is 0 Å². The van der Waals surface area contributed by atoms with E-state index in [4.69, 9.17) is 16.6 Å². The first kappa shape index (κ1) is 17.3. The van der Waals surface area contributed by atoms with Gasteiger partial charge < -0.3 is 9.88 Å². The molecular formula is C21H23ClN4. The topological polar surface area (TPSA) is 33.1 Å². The van der Waals surface area contributed by atoms with Gasteiger partial charge in [0.05, 0.1) is 6.04 Å². The highest BCUT2D eigenvalue weighted by Crippen LogP contribution is 2.29. The smallest absolute Gasteiger partial charge is 0.130 e. The first-order valence-corrected chi connectivity index (χ1v) is 9.44. The third-order valence-corrected chi connectivity index (χ3v) is 5.14. The zero-order valence-corrected chi connectivity index (χ0v) is 15.4. The Morgan fingerprint density at radius 1 is 1.00 bits per heavy atom. The molecular weight excluding hydrogens is 344 g/mol. The average molecular weight is 367 g/mol. The molecule has 1 aliphatic heterocycles. The van der Waals surface area contributed by atoms with E-state index in [2.05, 4.69) is 63.4 Å². The first-order chi connectivity index (χ1) is 12.8. The van der Waals surface area contributed by atoms with Crippen LogP contribution in [0.2, 0.25) is 5.02 Å². The molecule has 0 saturated carbocycles. The van der Waals surface area contributed by atoms with Gasteiger partial charge in [-0.1, -0.05) is 54.1 Å². The molecule has 0 amide bonds. The third-order valence-electron chi connectivity index (χ3n) is 4.89. The summed E-state index contributed by atoms with van der Waals surface area (Å²) in [5, 5.41) is 4.20. The fraction of sp³-hybridized carbons (Fsp3) is 0.286. The minimum Gasteiger partial charge on any atom is -0.329 e. The molecule has 5 heteroatoms. The Balaban J connectivity index is 1.70. The number of halogens is 1. The zero-order chi connectivity index (χ0) is 17.8. The summed E-state index contributed by atoms with van der Waals surface area (Å²) < 4.78 is 2.26. The van der Waals surface area contributed by atoms with Gasteiger partial charge in [-0.2, -0.15) is 0 Å². The van der Waals surface area contributed by atoms with Gasteiger partial charge in [0.15, 0.2) is 0 Å². The molecule has 1 aromatic heterocycles. The van der Waals surface area contributed by atoms with E-state index in [1.165, 1.54) is 11.1 Å². The molecule has 1 atom stereocenters. The lowest BCUT2D eigenvalue weighted by molar-refractivity contribution is 0.189. The van der Waals surface area contributed by atoms with Crippen LogP contribution in [0.4, 0.5) is 0 Å². The van der Waals surface area contributed by atoms with Gasteiger partial charge in [-0.15, -0.1) is 0 Å². The van der Waals surface area contributed by atoms with Crippen molar-refractivity contribution in [2.24, 2.45) is 0 Å². The van der Waals surface area contributed by atoms with Crippen LogP contribution in [0.25, 0.3) is 0 Å². The first-order valence-electron chi connectivity index (χ1n) is 9.06. The van der Waals surface area contributed by atoms with E-state index in [-0.39, 0.29) is 6.04 Å². The molecule has 0 radical (unpaired) electrons. The van der Waals surface area contributed by atoms with E-state index in [1.807, 2.05) is 18.3 Å². The molecule has 4 nitrogen and oxygen atoms in total. The maximum absolute atomic E-state index is 6.12. The molecule has 4 rings (SSSR count). The maximum atomic E-state index is 6.12. The predicted molar refractivity (Wildman–Crippen MR) is 106 cm³/mol. The molecule has 1 unspecified atom stereocenters. The van der Waals surface area contributed by atoms with Gasteiger partial charge in [-0.3, -0.25) is 4.90 Å². The van der Waals surface area contributed by atoms with Crippen LogP contribution in [-0.4, -0.2) is 40.6 Å². The summed E-state index contributed by atoms with van der Waals surface area (Å²) in [6.07, 6.45) is 3.98. The van der Waals surface area contributed by atoms with Crippen molar-refractivity contribution in [3.8, 4) is 0 Å². The number of hydrogen-bond donors (Lipinski definition) is 1. The standard InChI is InChI=1S/C21H23ClN4/c22-19-8-6-18(7-9-19)20(25-13-10-23-11-14-25)21-24-12-15-26(21)16-17-4-2-1-3-5-17/h1-9,12,15,20,23H,10-11,13-14,16H2. The van der Waals surface area contributed by atoms with Crippen molar-refractivity contribution in [2.75, 3.05) is 26.2 Å². The van der Waals surface area contributed by atoms with Crippen molar-refractivity contribution in [3.05, 3.63) is 89.0 Å². The average Bonchev–Trinajstić information content (AvgIpc) is 3.13. The predicted octanol–water partition coefficient (Wildman–Crippen LogP) is 3.58. The van der Waals surface area contributed by atoms with E-state index in [1.54, 1.807) is 0 Å². The lowest BCUT2D eigenvalue weighted by atomic mass is 10.0. The molecule has 2 aromatic carbocycles. The molecule has 0 bridgehead atoms. The summed E-state index contributed by atoms with van der Waals surface area (Å²) in [4.78, 5) is 7.26. The second-order valence-corrected chi connectivity index (χ2v) is 7.08. The monoisotopic (exact) mass is 366 g/mol. The Bertz CT molecular complexity index is 823. The second kappa shape index (κ2) is 8.04. The van der Waals surface area contributed by atoms with Gasteiger partial charge in [0, 0.05) is 50.1 Å². The van der Waals surface area contributed by atoms with E-state index >= 15 is 0 Å². The molecule has 1 fully saturated rings. The molecule has 1 saturated heterocycles. The van der Waals surface area contributed by atoms with Crippen molar-refractivity contribution in [3.63, 3.8) is 0 Å². The molecule has 134 valence electrons. The fourth-order valence-corrected chi connectivity index (χ4v) is 3.72. The molecule has 26 heavy (non-hydrogen) atoms. The van der Waals surface area contributed by atoms with Crippen molar-refractivity contribution >= 4 is 11.6 Å². The highest BCUT2D eigenvalue weighted by atomic mass is 35.5. The van der Waals surface area contributed by atoms with E-state index in [0.717, 1.165) is 43.6 Å². The Kier molecular flexibility index (Phi) is 5.34. The summed E-state index contributed by atoms with van der Waals surface area (Å²) in [5.41, 5.74) is 2.51. The van der Waals surface area contributed by atoms with Crippen molar-refractivity contribution in [2.45, 2.75) is 12.6 Å². The molecule has 1 aliphatic rings. The number of nitrogens with zero attached hydrogens (tertiary/aromatic N) is 3. The van der Waals surface area contributed by atoms with Crippen LogP contribution in [0.1, 0.15) is 23.0 Å². The summed E-state index contributed by atoms with van der Waals surface area (Å²) in [6.45, 7) is 4.84. The van der Waals surface area contributed by atoms with Crippen LogP contribution in [0.15, 0.2) is 67.0 Å². The van der Waals surface area contributed by atoms with Crippen molar-refractivity contribution in [1.82, 2.24) is 19.8 Å². The Morgan fingerprint density at radius 2 is 1.73 bits per heavy atom. The quantitative estimate of drug-likeness (QED) is 0.749. The number of benzene rings is 2. The molecule has 3 aromatic rings. The minimum atomic E-state index is 0.132. The normalized spacial score (nSPS) is 16.5. The highest BCUT2D eigenvalue weighted by Gasteiger charge is 2.27. The SMILES string of the molecule is Clc1ccc(C(c2nccn2Cc2ccccc2)N2CCNCC2)cc1. The van der Waals surface area contributed by atoms with Crippen LogP contribution < -0.4 is 5.32 Å². The Hall–Kier alpha value is -2.14. The van der Waals surface area contributed by atoms with Gasteiger partial charge in [0.1, 0.15) is 5.82 Å².